The van der Waals surface area contributed by atoms with E-state index >= 15 is 0 Å². The Morgan fingerprint density at radius 1 is 1.18 bits per heavy atom. The highest BCUT2D eigenvalue weighted by molar-refractivity contribution is 5.94. The van der Waals surface area contributed by atoms with Crippen molar-refractivity contribution >= 4 is 5.91 Å². The fourth-order valence-electron chi connectivity index (χ4n) is 4.85. The Balaban J connectivity index is 0.00000342. The van der Waals surface area contributed by atoms with Crippen LogP contribution in [0.4, 0.5) is 4.39 Å². The normalized spacial score (nSPS) is 19.3. The Morgan fingerprint density at radius 2 is 1.91 bits per heavy atom. The summed E-state index contributed by atoms with van der Waals surface area (Å²) in [6.07, 6.45) is 1.68. The third-order valence-corrected chi connectivity index (χ3v) is 6.44. The number of likely N-dealkylation sites (tertiary alicyclic amines) is 1. The lowest BCUT2D eigenvalue weighted by Crippen LogP contribution is -2.52. The molecule has 2 aliphatic rings. The lowest BCUT2D eigenvalue weighted by atomic mass is 9.81. The molecule has 0 radical (unpaired) electrons. The van der Waals surface area contributed by atoms with Crippen LogP contribution < -0.4 is 9.47 Å². The van der Waals surface area contributed by atoms with Gasteiger partial charge in [0.2, 0.25) is 0 Å². The number of carbonyl (C=O) groups is 1. The molecule has 1 N–H and O–H groups in total. The summed E-state index contributed by atoms with van der Waals surface area (Å²) in [7, 11) is 0. The van der Waals surface area contributed by atoms with Gasteiger partial charge in [-0.1, -0.05) is 0 Å². The molecule has 186 valence electrons. The summed E-state index contributed by atoms with van der Waals surface area (Å²) < 4.78 is 32.2. The Kier molecular flexibility index (Phi) is 7.14. The van der Waals surface area contributed by atoms with E-state index in [1.165, 1.54) is 12.1 Å². The number of amides is 1. The number of benzene rings is 2. The smallest absolute Gasteiger partial charge is 0.253 e. The first-order valence-corrected chi connectivity index (χ1v) is 12.0. The molecule has 0 bridgehead atoms. The maximum absolute atomic E-state index is 13.9. The first kappa shape index (κ1) is 24.5. The van der Waals surface area contributed by atoms with E-state index in [0.29, 0.717) is 55.0 Å². The average molecular weight is 474 g/mol. The molecule has 2 aromatic carbocycles. The molecule has 1 saturated heterocycles. The molecule has 4 rings (SSSR count). The van der Waals surface area contributed by atoms with Crippen LogP contribution in [-0.2, 0) is 11.3 Å². The monoisotopic (exact) mass is 473 g/mol. The summed E-state index contributed by atoms with van der Waals surface area (Å²) in [6.45, 7) is 8.68. The fourth-order valence-corrected chi connectivity index (χ4v) is 4.85. The minimum atomic E-state index is -0.452. The number of rotatable bonds is 6. The molecule has 34 heavy (non-hydrogen) atoms. The van der Waals surface area contributed by atoms with E-state index in [0.717, 1.165) is 5.56 Å². The number of carbonyl (C=O) groups excluding carboxylic acids is 1. The van der Waals surface area contributed by atoms with Gasteiger partial charge in [-0.3, -0.25) is 4.79 Å². The van der Waals surface area contributed by atoms with Crippen LogP contribution in [0.5, 0.6) is 11.5 Å². The van der Waals surface area contributed by atoms with Gasteiger partial charge in [-0.05, 0) is 64.1 Å². The van der Waals surface area contributed by atoms with Crippen LogP contribution in [0.15, 0.2) is 36.4 Å². The predicted octanol–water partition coefficient (Wildman–Crippen LogP) is 5.27. The van der Waals surface area contributed by atoms with Gasteiger partial charge in [-0.15, -0.1) is 0 Å². The summed E-state index contributed by atoms with van der Waals surface area (Å²) in [5, 5.41) is 9.74. The van der Waals surface area contributed by atoms with Gasteiger partial charge in [-0.2, -0.15) is 0 Å². The van der Waals surface area contributed by atoms with Gasteiger partial charge in [0.1, 0.15) is 22.9 Å². The second-order valence-corrected chi connectivity index (χ2v) is 9.78. The SMILES string of the molecule is CC(C)Oc1ccc(C(=O)N2CCC3(CC2)C[C@@H](OC(C)C)c2cc(F)ccc2O3)cc1CO.[HH]. The largest absolute Gasteiger partial charge is 0.491 e. The van der Waals surface area contributed by atoms with Crippen LogP contribution in [0, 0.1) is 5.82 Å². The number of nitrogens with zero attached hydrogens (tertiary/aromatic N) is 1. The fraction of sp³-hybridized carbons (Fsp3) is 0.519. The molecule has 2 aliphatic heterocycles. The third kappa shape index (κ3) is 5.20. The van der Waals surface area contributed by atoms with Crippen molar-refractivity contribution in [1.82, 2.24) is 4.90 Å². The quantitative estimate of drug-likeness (QED) is 0.619. The zero-order chi connectivity index (χ0) is 24.5. The Bertz CT molecular complexity index is 1040. The number of ether oxygens (including phenoxy) is 3. The molecule has 6 nitrogen and oxygen atoms in total. The molecule has 0 unspecified atom stereocenters. The molecule has 0 saturated carbocycles. The minimum Gasteiger partial charge on any atom is -0.491 e. The van der Waals surface area contributed by atoms with Crippen LogP contribution in [0.3, 0.4) is 0 Å². The van der Waals surface area contributed by atoms with Crippen molar-refractivity contribution in [2.45, 2.75) is 77.5 Å². The average Bonchev–Trinajstić information content (AvgIpc) is 2.79. The summed E-state index contributed by atoms with van der Waals surface area (Å²) in [6, 6.07) is 9.79. The number of hydrogen-bond donors (Lipinski definition) is 1. The van der Waals surface area contributed by atoms with Crippen LogP contribution in [0.25, 0.3) is 0 Å². The second-order valence-electron chi connectivity index (χ2n) is 9.78. The number of aliphatic hydroxyl groups excluding tert-OH is 1. The van der Waals surface area contributed by atoms with Crippen molar-refractivity contribution in [3.05, 3.63) is 58.9 Å². The highest BCUT2D eigenvalue weighted by atomic mass is 19.1. The van der Waals surface area contributed by atoms with E-state index in [4.69, 9.17) is 14.2 Å². The molecule has 1 fully saturated rings. The van der Waals surface area contributed by atoms with Gasteiger partial charge in [0.25, 0.3) is 5.91 Å². The van der Waals surface area contributed by atoms with E-state index in [1.807, 2.05) is 32.6 Å². The van der Waals surface area contributed by atoms with Crippen molar-refractivity contribution in [2.75, 3.05) is 13.1 Å². The zero-order valence-corrected chi connectivity index (χ0v) is 20.3. The lowest BCUT2D eigenvalue weighted by Gasteiger charge is -2.47. The van der Waals surface area contributed by atoms with Crippen molar-refractivity contribution in [3.8, 4) is 11.5 Å². The molecule has 2 aromatic rings. The van der Waals surface area contributed by atoms with Gasteiger partial charge in [0, 0.05) is 50.5 Å². The van der Waals surface area contributed by atoms with Crippen molar-refractivity contribution in [2.24, 2.45) is 0 Å². The molecular formula is C27H36FNO5. The maximum Gasteiger partial charge on any atom is 0.253 e. The van der Waals surface area contributed by atoms with Crippen molar-refractivity contribution in [3.63, 3.8) is 0 Å². The van der Waals surface area contributed by atoms with E-state index in [9.17, 15) is 14.3 Å². The lowest BCUT2D eigenvalue weighted by molar-refractivity contribution is -0.0873. The van der Waals surface area contributed by atoms with Gasteiger partial charge in [0.15, 0.2) is 0 Å². The van der Waals surface area contributed by atoms with Gasteiger partial charge >= 0.3 is 0 Å². The summed E-state index contributed by atoms with van der Waals surface area (Å²) in [4.78, 5) is 15.0. The molecule has 0 aromatic heterocycles. The highest BCUT2D eigenvalue weighted by Crippen LogP contribution is 2.46. The van der Waals surface area contributed by atoms with Gasteiger partial charge in [-0.25, -0.2) is 4.39 Å². The number of aliphatic hydroxyl groups is 1. The standard InChI is InChI=1S/C27H34FNO5.H2/c1-17(2)32-23-7-5-19(13-20(23)16-30)26(31)29-11-9-27(10-12-29)15-25(33-18(3)4)22-14-21(28)6-8-24(22)34-27;/h5-8,13-14,17-18,25,30H,9-12,15-16H2,1-4H3;1H/t25-;/m1./s1. The topological polar surface area (TPSA) is 68.2 Å². The molecule has 1 amide bonds. The minimum absolute atomic E-state index is 0. The molecular weight excluding hydrogens is 437 g/mol. The maximum atomic E-state index is 13.9. The summed E-state index contributed by atoms with van der Waals surface area (Å²) in [5.41, 5.74) is 1.42. The summed E-state index contributed by atoms with van der Waals surface area (Å²) >= 11 is 0. The second kappa shape index (κ2) is 9.92. The molecule has 7 heteroatoms. The van der Waals surface area contributed by atoms with Gasteiger partial charge < -0.3 is 24.2 Å². The van der Waals surface area contributed by atoms with Crippen LogP contribution >= 0.6 is 0 Å². The number of fused-ring (bicyclic) bond motifs is 1. The van der Waals surface area contributed by atoms with E-state index in [1.54, 1.807) is 24.3 Å². The van der Waals surface area contributed by atoms with E-state index in [2.05, 4.69) is 0 Å². The predicted molar refractivity (Wildman–Crippen MR) is 129 cm³/mol. The number of piperidine rings is 1. The van der Waals surface area contributed by atoms with Crippen LogP contribution in [0.2, 0.25) is 0 Å². The zero-order valence-electron chi connectivity index (χ0n) is 20.3. The molecule has 0 aliphatic carbocycles. The highest BCUT2D eigenvalue weighted by Gasteiger charge is 2.45. The van der Waals surface area contributed by atoms with Crippen LogP contribution in [0.1, 0.15) is 76.0 Å². The van der Waals surface area contributed by atoms with Crippen molar-refractivity contribution < 1.29 is 29.9 Å². The van der Waals surface area contributed by atoms with E-state index < -0.39 is 5.60 Å². The number of hydrogen-bond acceptors (Lipinski definition) is 5. The first-order chi connectivity index (χ1) is 16.2. The number of halogens is 1. The Morgan fingerprint density at radius 3 is 2.56 bits per heavy atom. The first-order valence-electron chi connectivity index (χ1n) is 12.0. The van der Waals surface area contributed by atoms with Crippen LogP contribution in [-0.4, -0.2) is 46.8 Å². The van der Waals surface area contributed by atoms with E-state index in [-0.39, 0.29) is 38.1 Å². The Labute approximate surface area is 202 Å². The third-order valence-electron chi connectivity index (χ3n) is 6.44. The molecule has 1 spiro atoms. The molecule has 1 atom stereocenters. The van der Waals surface area contributed by atoms with Gasteiger partial charge in [0.05, 0.1) is 24.9 Å². The van der Waals surface area contributed by atoms with Crippen molar-refractivity contribution in [1.29, 1.82) is 0 Å². The molecule has 2 heterocycles. The Hall–Kier alpha value is -2.64. The summed E-state index contributed by atoms with van der Waals surface area (Å²) in [5.74, 6) is 0.872.